The van der Waals surface area contributed by atoms with Gasteiger partial charge in [0.15, 0.2) is 0 Å². The van der Waals surface area contributed by atoms with E-state index in [0.717, 1.165) is 0 Å². The van der Waals surface area contributed by atoms with E-state index >= 15 is 0 Å². The van der Waals surface area contributed by atoms with Crippen LogP contribution in [0.4, 0.5) is 0 Å². The van der Waals surface area contributed by atoms with Crippen molar-refractivity contribution in [3.05, 3.63) is 0 Å². The molecule has 0 radical (unpaired) electrons. The van der Waals surface area contributed by atoms with Gasteiger partial charge < -0.3 is 15.2 Å². The van der Waals surface area contributed by atoms with Gasteiger partial charge in [-0.15, -0.1) is 0 Å². The summed E-state index contributed by atoms with van der Waals surface area (Å²) in [6, 6.07) is 0. The van der Waals surface area contributed by atoms with E-state index in [4.69, 9.17) is 9.84 Å². The lowest BCUT2D eigenvalue weighted by atomic mass is 9.99. The average Bonchev–Trinajstić information content (AvgIpc) is 2.24. The molecule has 1 unspecified atom stereocenters. The number of amides is 1. The SMILES string of the molecule is CCOCCCC(=O)NC(C)(CC)C(=O)O. The van der Waals surface area contributed by atoms with E-state index in [1.807, 2.05) is 6.92 Å². The van der Waals surface area contributed by atoms with Crippen molar-refractivity contribution in [3.63, 3.8) is 0 Å². The molecule has 16 heavy (non-hydrogen) atoms. The molecule has 5 nitrogen and oxygen atoms in total. The molecule has 0 aliphatic heterocycles. The van der Waals surface area contributed by atoms with Crippen LogP contribution in [0.2, 0.25) is 0 Å². The van der Waals surface area contributed by atoms with E-state index in [1.54, 1.807) is 6.92 Å². The molecule has 0 aromatic rings. The molecule has 0 aliphatic carbocycles. The third-order valence-corrected chi connectivity index (χ3v) is 2.49. The average molecular weight is 231 g/mol. The summed E-state index contributed by atoms with van der Waals surface area (Å²) in [6.07, 6.45) is 1.27. The zero-order valence-corrected chi connectivity index (χ0v) is 10.2. The molecule has 0 fully saturated rings. The van der Waals surface area contributed by atoms with Crippen molar-refractivity contribution in [1.29, 1.82) is 0 Å². The molecule has 94 valence electrons. The van der Waals surface area contributed by atoms with Gasteiger partial charge in [0.05, 0.1) is 0 Å². The fourth-order valence-electron chi connectivity index (χ4n) is 1.14. The second-order valence-corrected chi connectivity index (χ2v) is 3.84. The number of hydrogen-bond donors (Lipinski definition) is 2. The Morgan fingerprint density at radius 1 is 1.38 bits per heavy atom. The smallest absolute Gasteiger partial charge is 0.329 e. The molecule has 0 saturated carbocycles. The zero-order chi connectivity index (χ0) is 12.6. The maximum atomic E-state index is 11.5. The predicted octanol–water partition coefficient (Wildman–Crippen LogP) is 1.17. The Morgan fingerprint density at radius 2 is 2.00 bits per heavy atom. The molecule has 1 atom stereocenters. The van der Waals surface area contributed by atoms with Gasteiger partial charge in [0.1, 0.15) is 5.54 Å². The van der Waals surface area contributed by atoms with Crippen LogP contribution >= 0.6 is 0 Å². The summed E-state index contributed by atoms with van der Waals surface area (Å²) < 4.78 is 5.09. The third kappa shape index (κ3) is 5.11. The largest absolute Gasteiger partial charge is 0.480 e. The summed E-state index contributed by atoms with van der Waals surface area (Å²) in [6.45, 7) is 6.28. The van der Waals surface area contributed by atoms with Crippen LogP contribution in [0.15, 0.2) is 0 Å². The first kappa shape index (κ1) is 14.9. The van der Waals surface area contributed by atoms with Crippen LogP contribution in [-0.4, -0.2) is 35.7 Å². The van der Waals surface area contributed by atoms with Gasteiger partial charge in [0.2, 0.25) is 5.91 Å². The summed E-state index contributed by atoms with van der Waals surface area (Å²) >= 11 is 0. The minimum Gasteiger partial charge on any atom is -0.480 e. The number of hydrogen-bond acceptors (Lipinski definition) is 3. The molecule has 0 heterocycles. The number of carbonyl (C=O) groups is 2. The number of aliphatic carboxylic acids is 1. The maximum Gasteiger partial charge on any atom is 0.329 e. The van der Waals surface area contributed by atoms with E-state index in [2.05, 4.69) is 5.32 Å². The number of rotatable bonds is 8. The minimum atomic E-state index is -1.16. The van der Waals surface area contributed by atoms with Gasteiger partial charge in [0.25, 0.3) is 0 Å². The normalized spacial score (nSPS) is 14.2. The Labute approximate surface area is 96.2 Å². The Morgan fingerprint density at radius 3 is 2.44 bits per heavy atom. The number of ether oxygens (including phenoxy) is 1. The molecule has 0 aromatic carbocycles. The second-order valence-electron chi connectivity index (χ2n) is 3.84. The molecular formula is C11H21NO4. The minimum absolute atomic E-state index is 0.244. The highest BCUT2D eigenvalue weighted by Crippen LogP contribution is 2.09. The van der Waals surface area contributed by atoms with Gasteiger partial charge in [-0.25, -0.2) is 4.79 Å². The van der Waals surface area contributed by atoms with Crippen molar-refractivity contribution in [1.82, 2.24) is 5.32 Å². The molecule has 2 N–H and O–H groups in total. The molecular weight excluding hydrogens is 210 g/mol. The van der Waals surface area contributed by atoms with Gasteiger partial charge >= 0.3 is 5.97 Å². The lowest BCUT2D eigenvalue weighted by Gasteiger charge is -2.24. The lowest BCUT2D eigenvalue weighted by molar-refractivity contribution is -0.147. The van der Waals surface area contributed by atoms with Gasteiger partial charge in [-0.2, -0.15) is 0 Å². The standard InChI is InChI=1S/C11H21NO4/c1-4-11(3,10(14)15)12-9(13)7-6-8-16-5-2/h4-8H2,1-3H3,(H,12,13)(H,14,15). The zero-order valence-electron chi connectivity index (χ0n) is 10.2. The summed E-state index contributed by atoms with van der Waals surface area (Å²) in [7, 11) is 0. The first-order chi connectivity index (χ1) is 7.46. The summed E-state index contributed by atoms with van der Waals surface area (Å²) in [5.74, 6) is -1.25. The van der Waals surface area contributed by atoms with Crippen molar-refractivity contribution in [2.45, 2.75) is 45.6 Å². The van der Waals surface area contributed by atoms with Crippen LogP contribution in [-0.2, 0) is 14.3 Å². The van der Waals surface area contributed by atoms with Crippen LogP contribution in [0, 0.1) is 0 Å². The summed E-state index contributed by atoms with van der Waals surface area (Å²) in [5, 5.41) is 11.5. The Kier molecular flexibility index (Phi) is 6.72. The fraction of sp³-hybridized carbons (Fsp3) is 0.818. The van der Waals surface area contributed by atoms with Gasteiger partial charge in [0, 0.05) is 19.6 Å². The third-order valence-electron chi connectivity index (χ3n) is 2.49. The number of nitrogens with one attached hydrogen (secondary N) is 1. The number of carboxylic acids is 1. The van der Waals surface area contributed by atoms with Gasteiger partial charge in [-0.05, 0) is 26.7 Å². The van der Waals surface area contributed by atoms with Crippen molar-refractivity contribution in [2.75, 3.05) is 13.2 Å². The lowest BCUT2D eigenvalue weighted by Crippen LogP contribution is -2.51. The molecule has 5 heteroatoms. The maximum absolute atomic E-state index is 11.5. The highest BCUT2D eigenvalue weighted by Gasteiger charge is 2.32. The molecule has 0 saturated heterocycles. The van der Waals surface area contributed by atoms with E-state index in [-0.39, 0.29) is 5.91 Å². The van der Waals surface area contributed by atoms with E-state index in [9.17, 15) is 9.59 Å². The molecule has 0 aliphatic rings. The van der Waals surface area contributed by atoms with Crippen LogP contribution in [0.5, 0.6) is 0 Å². The van der Waals surface area contributed by atoms with Gasteiger partial charge in [-0.1, -0.05) is 6.92 Å². The van der Waals surface area contributed by atoms with Crippen LogP contribution < -0.4 is 5.32 Å². The van der Waals surface area contributed by atoms with E-state index < -0.39 is 11.5 Å². The monoisotopic (exact) mass is 231 g/mol. The van der Waals surface area contributed by atoms with Gasteiger partial charge in [-0.3, -0.25) is 4.79 Å². The number of carboxylic acid groups (broad SMARTS) is 1. The topological polar surface area (TPSA) is 75.6 Å². The summed E-state index contributed by atoms with van der Waals surface area (Å²) in [4.78, 5) is 22.4. The fourth-order valence-corrected chi connectivity index (χ4v) is 1.14. The number of carbonyl (C=O) groups excluding carboxylic acids is 1. The predicted molar refractivity (Wildman–Crippen MR) is 60.2 cm³/mol. The first-order valence-corrected chi connectivity index (χ1v) is 5.58. The van der Waals surface area contributed by atoms with Crippen molar-refractivity contribution < 1.29 is 19.4 Å². The first-order valence-electron chi connectivity index (χ1n) is 5.58. The van der Waals surface area contributed by atoms with Crippen LogP contribution in [0.1, 0.15) is 40.0 Å². The highest BCUT2D eigenvalue weighted by atomic mass is 16.5. The molecule has 0 aromatic heterocycles. The molecule has 0 spiro atoms. The molecule has 0 rings (SSSR count). The Hall–Kier alpha value is -1.10. The molecule has 0 bridgehead atoms. The van der Waals surface area contributed by atoms with E-state index in [0.29, 0.717) is 32.5 Å². The quantitative estimate of drug-likeness (QED) is 0.615. The van der Waals surface area contributed by atoms with Crippen molar-refractivity contribution in [3.8, 4) is 0 Å². The van der Waals surface area contributed by atoms with Crippen LogP contribution in [0.3, 0.4) is 0 Å². The Bertz CT molecular complexity index is 242. The van der Waals surface area contributed by atoms with Crippen LogP contribution in [0.25, 0.3) is 0 Å². The second kappa shape index (κ2) is 7.22. The van der Waals surface area contributed by atoms with Crippen molar-refractivity contribution >= 4 is 11.9 Å². The molecule has 1 amide bonds. The van der Waals surface area contributed by atoms with E-state index in [1.165, 1.54) is 6.92 Å². The highest BCUT2D eigenvalue weighted by molar-refractivity contribution is 5.86. The Balaban J connectivity index is 3.98. The summed E-state index contributed by atoms with van der Waals surface area (Å²) in [5.41, 5.74) is -1.16. The van der Waals surface area contributed by atoms with Crippen molar-refractivity contribution in [2.24, 2.45) is 0 Å².